The molecule has 3 atom stereocenters. The summed E-state index contributed by atoms with van der Waals surface area (Å²) in [6, 6.07) is 13.7. The maximum Gasteiger partial charge on any atom is 0.494 e. The van der Waals surface area contributed by atoms with Crippen LogP contribution in [0.25, 0.3) is 10.9 Å². The number of carbonyl (C=O) groups excluding carboxylic acids is 1. The minimum absolute atomic E-state index is 0.0150. The summed E-state index contributed by atoms with van der Waals surface area (Å²) >= 11 is 0. The van der Waals surface area contributed by atoms with Crippen LogP contribution < -0.4 is 10.8 Å². The smallest absolute Gasteiger partial charge is 0.465 e. The molecule has 45 heavy (non-hydrogen) atoms. The van der Waals surface area contributed by atoms with Crippen LogP contribution in [0.5, 0.6) is 0 Å². The van der Waals surface area contributed by atoms with Gasteiger partial charge < -0.3 is 39.4 Å². The van der Waals surface area contributed by atoms with Crippen molar-refractivity contribution in [2.75, 3.05) is 19.7 Å². The van der Waals surface area contributed by atoms with Crippen LogP contribution >= 0.6 is 0 Å². The maximum atomic E-state index is 14.9. The van der Waals surface area contributed by atoms with Gasteiger partial charge in [0.25, 0.3) is 0 Å². The predicted octanol–water partition coefficient (Wildman–Crippen LogP) is 3.41. The van der Waals surface area contributed by atoms with Crippen molar-refractivity contribution < 1.29 is 38.6 Å². The molecular formula is C33H43BFN3O7. The van der Waals surface area contributed by atoms with E-state index in [0.717, 1.165) is 29.6 Å². The number of nitrogens with zero attached hydrogens (tertiary/aromatic N) is 2. The van der Waals surface area contributed by atoms with Crippen LogP contribution in [0.4, 0.5) is 9.18 Å². The first-order chi connectivity index (χ1) is 21.3. The van der Waals surface area contributed by atoms with Crippen LogP contribution in [0.3, 0.4) is 0 Å². The summed E-state index contributed by atoms with van der Waals surface area (Å²) in [5.41, 5.74) is 1.95. The van der Waals surface area contributed by atoms with Crippen LogP contribution in [0.2, 0.25) is 0 Å². The molecule has 10 nitrogen and oxygen atoms in total. The molecule has 0 spiro atoms. The zero-order valence-electron chi connectivity index (χ0n) is 26.3. The predicted molar refractivity (Wildman–Crippen MR) is 169 cm³/mol. The SMILES string of the molecule is CC1(C)OB(c2ccc(C[C@H](CC(=O)N3CCCC(c4cc5cccc(F)c5n4C[C@H](O)CO)C3)NC(=O)O)cc2)OC1(C)C. The van der Waals surface area contributed by atoms with E-state index in [4.69, 9.17) is 9.31 Å². The van der Waals surface area contributed by atoms with E-state index in [2.05, 4.69) is 5.32 Å². The van der Waals surface area contributed by atoms with Gasteiger partial charge in [-0.15, -0.1) is 0 Å². The Morgan fingerprint density at radius 2 is 1.80 bits per heavy atom. The number of piperidine rings is 1. The fraction of sp³-hybridized carbons (Fsp3) is 0.515. The van der Waals surface area contributed by atoms with Gasteiger partial charge >= 0.3 is 13.2 Å². The van der Waals surface area contributed by atoms with Gasteiger partial charge in [-0.2, -0.15) is 0 Å². The van der Waals surface area contributed by atoms with Crippen molar-refractivity contribution in [3.8, 4) is 0 Å². The Kier molecular flexibility index (Phi) is 9.60. The van der Waals surface area contributed by atoms with Crippen molar-refractivity contribution in [2.45, 2.75) is 89.2 Å². The molecule has 2 fully saturated rings. The van der Waals surface area contributed by atoms with Gasteiger partial charge in [-0.05, 0) is 70.1 Å². The normalized spacial score (nSPS) is 20.7. The lowest BCUT2D eigenvalue weighted by Crippen LogP contribution is -2.44. The molecule has 242 valence electrons. The van der Waals surface area contributed by atoms with Crippen molar-refractivity contribution in [3.05, 3.63) is 65.6 Å². The fourth-order valence-corrected chi connectivity index (χ4v) is 6.31. The second-order valence-electron chi connectivity index (χ2n) is 13.3. The summed E-state index contributed by atoms with van der Waals surface area (Å²) < 4.78 is 28.9. The summed E-state index contributed by atoms with van der Waals surface area (Å²) in [6.07, 6.45) is -0.464. The average Bonchev–Trinajstić information content (AvgIpc) is 3.46. The van der Waals surface area contributed by atoms with E-state index < -0.39 is 49.0 Å². The van der Waals surface area contributed by atoms with Gasteiger partial charge in [-0.1, -0.05) is 36.4 Å². The van der Waals surface area contributed by atoms with Gasteiger partial charge in [0.2, 0.25) is 5.91 Å². The highest BCUT2D eigenvalue weighted by molar-refractivity contribution is 6.62. The summed E-state index contributed by atoms with van der Waals surface area (Å²) in [7, 11) is -0.507. The molecule has 0 bridgehead atoms. The highest BCUT2D eigenvalue weighted by Gasteiger charge is 2.51. The average molecular weight is 624 g/mol. The van der Waals surface area contributed by atoms with Crippen LogP contribution in [-0.2, 0) is 27.1 Å². The molecule has 4 N–H and O–H groups in total. The number of likely N-dealkylation sites (tertiary alicyclic amines) is 1. The maximum absolute atomic E-state index is 14.9. The first-order valence-electron chi connectivity index (χ1n) is 15.6. The molecule has 12 heteroatoms. The summed E-state index contributed by atoms with van der Waals surface area (Å²) in [6.45, 7) is 8.46. The fourth-order valence-electron chi connectivity index (χ4n) is 6.31. The number of halogens is 1. The van der Waals surface area contributed by atoms with Crippen LogP contribution in [0, 0.1) is 5.82 Å². The molecule has 2 aliphatic heterocycles. The van der Waals surface area contributed by atoms with E-state index in [1.54, 1.807) is 21.6 Å². The molecule has 3 heterocycles. The molecule has 3 aromatic rings. The lowest BCUT2D eigenvalue weighted by molar-refractivity contribution is -0.132. The van der Waals surface area contributed by atoms with Crippen LogP contribution in [0.1, 0.15) is 64.1 Å². The zero-order chi connectivity index (χ0) is 32.5. The molecule has 2 saturated heterocycles. The Balaban J connectivity index is 1.28. The Hall–Kier alpha value is -3.45. The van der Waals surface area contributed by atoms with Gasteiger partial charge in [-0.3, -0.25) is 4.79 Å². The monoisotopic (exact) mass is 623 g/mol. The van der Waals surface area contributed by atoms with Gasteiger partial charge in [0.15, 0.2) is 0 Å². The number of carbonyl (C=O) groups is 2. The van der Waals surface area contributed by atoms with E-state index in [1.807, 2.05) is 58.0 Å². The number of nitrogens with one attached hydrogen (secondary N) is 1. The molecule has 2 aromatic carbocycles. The second-order valence-corrected chi connectivity index (χ2v) is 13.3. The largest absolute Gasteiger partial charge is 0.494 e. The number of aliphatic hydroxyl groups is 2. The van der Waals surface area contributed by atoms with E-state index >= 15 is 0 Å². The van der Waals surface area contributed by atoms with E-state index in [0.29, 0.717) is 30.4 Å². The summed E-state index contributed by atoms with van der Waals surface area (Å²) in [5.74, 6) is -0.704. The summed E-state index contributed by atoms with van der Waals surface area (Å²) in [4.78, 5) is 27.0. The van der Waals surface area contributed by atoms with E-state index in [9.17, 15) is 29.3 Å². The first kappa shape index (κ1) is 32.9. The number of aliphatic hydroxyl groups excluding tert-OH is 2. The van der Waals surface area contributed by atoms with Gasteiger partial charge in [-0.25, -0.2) is 9.18 Å². The minimum atomic E-state index is -1.20. The van der Waals surface area contributed by atoms with E-state index in [1.165, 1.54) is 6.07 Å². The Labute approximate surface area is 263 Å². The van der Waals surface area contributed by atoms with Crippen LogP contribution in [-0.4, -0.2) is 86.9 Å². The third-order valence-electron chi connectivity index (χ3n) is 9.44. The molecule has 0 aliphatic carbocycles. The van der Waals surface area contributed by atoms with Crippen molar-refractivity contribution in [2.24, 2.45) is 0 Å². The number of para-hydroxylation sites is 1. The second kappa shape index (κ2) is 13.1. The number of fused-ring (bicyclic) bond motifs is 1. The standard InChI is InChI=1S/C33H43BFN3O7/c1-32(2)33(3,4)45-34(44-32)24-12-10-21(11-13-24)15-25(36-31(42)43)17-29(41)37-14-6-8-23(18-37)28-16-22-7-5-9-27(35)30(22)38(28)19-26(40)20-39/h5,7,9-13,16,23,25-26,36,39-40H,6,8,14-15,17-20H2,1-4H3,(H,42,43)/t23?,25-,26+/m1/s1. The number of aromatic nitrogens is 1. The molecule has 2 amide bonds. The number of carboxylic acid groups (broad SMARTS) is 1. The Morgan fingerprint density at radius 1 is 1.11 bits per heavy atom. The molecule has 2 aliphatic rings. The number of hydrogen-bond acceptors (Lipinski definition) is 6. The molecule has 5 rings (SSSR count). The number of benzene rings is 2. The molecule has 0 saturated carbocycles. The zero-order valence-corrected chi connectivity index (χ0v) is 26.3. The topological polar surface area (TPSA) is 133 Å². The van der Waals surface area contributed by atoms with Crippen molar-refractivity contribution in [3.63, 3.8) is 0 Å². The highest BCUT2D eigenvalue weighted by Crippen LogP contribution is 2.37. The molecular weight excluding hydrogens is 580 g/mol. The quantitative estimate of drug-likeness (QED) is 0.255. The highest BCUT2D eigenvalue weighted by atomic mass is 19.1. The van der Waals surface area contributed by atoms with E-state index in [-0.39, 0.29) is 24.8 Å². The number of hydrogen-bond donors (Lipinski definition) is 4. The molecule has 1 aromatic heterocycles. The van der Waals surface area contributed by atoms with Gasteiger partial charge in [0.05, 0.1) is 36.0 Å². The third kappa shape index (κ3) is 7.19. The summed E-state index contributed by atoms with van der Waals surface area (Å²) in [5, 5.41) is 32.4. The van der Waals surface area contributed by atoms with Gasteiger partial charge in [0, 0.05) is 42.6 Å². The lowest BCUT2D eigenvalue weighted by atomic mass is 9.78. The Morgan fingerprint density at radius 3 is 2.44 bits per heavy atom. The van der Waals surface area contributed by atoms with Crippen molar-refractivity contribution >= 4 is 35.5 Å². The first-order valence-corrected chi connectivity index (χ1v) is 15.6. The third-order valence-corrected chi connectivity index (χ3v) is 9.44. The lowest BCUT2D eigenvalue weighted by Gasteiger charge is -2.34. The minimum Gasteiger partial charge on any atom is -0.465 e. The van der Waals surface area contributed by atoms with Crippen molar-refractivity contribution in [1.29, 1.82) is 0 Å². The van der Waals surface area contributed by atoms with Crippen molar-refractivity contribution in [1.82, 2.24) is 14.8 Å². The van der Waals surface area contributed by atoms with Gasteiger partial charge in [0.1, 0.15) is 5.82 Å². The Bertz CT molecular complexity index is 1510. The molecule has 0 radical (unpaired) electrons. The molecule has 1 unspecified atom stereocenters. The van der Waals surface area contributed by atoms with Crippen LogP contribution in [0.15, 0.2) is 48.5 Å². The number of amides is 2. The number of rotatable bonds is 10.